The van der Waals surface area contributed by atoms with Crippen molar-refractivity contribution in [2.75, 3.05) is 0 Å². The van der Waals surface area contributed by atoms with Crippen molar-refractivity contribution in [1.29, 1.82) is 0 Å². The van der Waals surface area contributed by atoms with E-state index in [-0.39, 0.29) is 16.2 Å². The summed E-state index contributed by atoms with van der Waals surface area (Å²) in [7, 11) is 0. The number of benzene rings is 1. The predicted octanol–water partition coefficient (Wildman–Crippen LogP) is 7.38. The summed E-state index contributed by atoms with van der Waals surface area (Å²) >= 11 is 0. The summed E-state index contributed by atoms with van der Waals surface area (Å²) in [6.07, 6.45) is 4.33. The lowest BCUT2D eigenvalue weighted by Crippen LogP contribution is -2.28. The average molecular weight is 475 g/mol. The molecule has 3 N–H and O–H groups in total. The lowest BCUT2D eigenvalue weighted by Gasteiger charge is -2.27. The molecule has 0 saturated heterocycles. The average Bonchev–Trinajstić information content (AvgIpc) is 3.66. The maximum absolute atomic E-state index is 5.22. The Bertz CT molecular complexity index is 1540. The third-order valence-electron chi connectivity index (χ3n) is 8.29. The van der Waals surface area contributed by atoms with Crippen LogP contribution in [0.4, 0.5) is 0 Å². The van der Waals surface area contributed by atoms with Gasteiger partial charge in [-0.15, -0.1) is 0 Å². The van der Waals surface area contributed by atoms with E-state index in [0.717, 1.165) is 33.9 Å². The minimum Gasteiger partial charge on any atom is -0.361 e. The zero-order chi connectivity index (χ0) is 25.3. The first kappa shape index (κ1) is 22.7. The van der Waals surface area contributed by atoms with Gasteiger partial charge in [-0.05, 0) is 95.7 Å². The molecule has 36 heavy (non-hydrogen) atoms. The molecular formula is C32H34N4. The van der Waals surface area contributed by atoms with Crippen LogP contribution in [0.25, 0.3) is 5.57 Å². The molecule has 3 aromatic heterocycles. The van der Waals surface area contributed by atoms with Crippen LogP contribution in [0.3, 0.4) is 0 Å². The molecule has 0 atom stereocenters. The molecule has 5 heterocycles. The summed E-state index contributed by atoms with van der Waals surface area (Å²) in [6.45, 7) is 13.6. The van der Waals surface area contributed by atoms with Crippen LogP contribution in [-0.4, -0.2) is 20.7 Å². The second kappa shape index (κ2) is 7.60. The van der Waals surface area contributed by atoms with Gasteiger partial charge in [0.05, 0.1) is 11.4 Å². The highest BCUT2D eigenvalue weighted by atomic mass is 14.9. The summed E-state index contributed by atoms with van der Waals surface area (Å²) in [5.74, 6) is 0. The number of aliphatic imine (C=N–C) groups is 1. The van der Waals surface area contributed by atoms with Gasteiger partial charge in [-0.2, -0.15) is 0 Å². The molecule has 4 aromatic rings. The fraction of sp³-hybridized carbons (Fsp3) is 0.281. The predicted molar refractivity (Wildman–Crippen MR) is 149 cm³/mol. The molecule has 0 radical (unpaired) electrons. The first-order valence-electron chi connectivity index (χ1n) is 12.8. The van der Waals surface area contributed by atoms with E-state index in [2.05, 4.69) is 135 Å². The Morgan fingerprint density at radius 1 is 0.528 bits per heavy atom. The third-order valence-corrected chi connectivity index (χ3v) is 8.29. The largest absolute Gasteiger partial charge is 0.361 e. The van der Waals surface area contributed by atoms with Crippen LogP contribution in [-0.2, 0) is 16.2 Å². The van der Waals surface area contributed by atoms with Crippen molar-refractivity contribution >= 4 is 11.3 Å². The topological polar surface area (TPSA) is 59.7 Å². The molecule has 2 aliphatic rings. The second-order valence-corrected chi connectivity index (χ2v) is 11.7. The van der Waals surface area contributed by atoms with Gasteiger partial charge >= 0.3 is 0 Å². The number of H-pyrrole nitrogens is 3. The number of nitrogens with one attached hydrogen (secondary N) is 3. The van der Waals surface area contributed by atoms with Crippen molar-refractivity contribution in [2.24, 2.45) is 4.99 Å². The normalized spacial score (nSPS) is 21.4. The number of fused-ring (bicyclic) bond motifs is 7. The van der Waals surface area contributed by atoms with Crippen molar-refractivity contribution < 1.29 is 0 Å². The van der Waals surface area contributed by atoms with Crippen LogP contribution >= 0.6 is 0 Å². The van der Waals surface area contributed by atoms with Gasteiger partial charge in [-0.1, -0.05) is 30.3 Å². The van der Waals surface area contributed by atoms with Gasteiger partial charge in [0.1, 0.15) is 0 Å². The molecule has 1 aromatic carbocycles. The van der Waals surface area contributed by atoms with Gasteiger partial charge in [-0.25, -0.2) is 0 Å². The van der Waals surface area contributed by atoms with Crippen molar-refractivity contribution in [1.82, 2.24) is 15.0 Å². The Morgan fingerprint density at radius 3 is 1.61 bits per heavy atom. The molecule has 0 unspecified atom stereocenters. The molecule has 0 aliphatic carbocycles. The van der Waals surface area contributed by atoms with Crippen LogP contribution in [0.5, 0.6) is 0 Å². The second-order valence-electron chi connectivity index (χ2n) is 11.7. The molecular weight excluding hydrogens is 440 g/mol. The highest BCUT2D eigenvalue weighted by molar-refractivity contribution is 6.07. The Morgan fingerprint density at radius 2 is 1.03 bits per heavy atom. The van der Waals surface area contributed by atoms with E-state index in [4.69, 9.17) is 4.99 Å². The van der Waals surface area contributed by atoms with Crippen LogP contribution in [0.2, 0.25) is 0 Å². The minimum atomic E-state index is -0.269. The zero-order valence-electron chi connectivity index (χ0n) is 22.0. The standard InChI is InChI=1S/C32H34N4/c1-30(2)23-14-12-21(33-23)29(20-10-8-7-9-11-20)22-13-15-24(34-22)31(3,4)26-17-19-28(36-26)32(5,6)27-18-16-25(30)35-27/h7-19,33,35-36H,1-6H3/b29-22-. The number of rotatable bonds is 1. The molecule has 0 spiro atoms. The van der Waals surface area contributed by atoms with Crippen molar-refractivity contribution in [2.45, 2.75) is 57.8 Å². The van der Waals surface area contributed by atoms with E-state index in [0.29, 0.717) is 0 Å². The Labute approximate surface area is 213 Å². The quantitative estimate of drug-likeness (QED) is 0.258. The maximum Gasteiger partial charge on any atom is 0.0733 e. The lowest BCUT2D eigenvalue weighted by atomic mass is 9.84. The molecule has 8 bridgehead atoms. The Kier molecular flexibility index (Phi) is 4.79. The zero-order valence-corrected chi connectivity index (χ0v) is 22.0. The van der Waals surface area contributed by atoms with Crippen molar-refractivity contribution in [3.63, 3.8) is 0 Å². The first-order chi connectivity index (χ1) is 17.1. The summed E-state index contributed by atoms with van der Waals surface area (Å²) in [5.41, 5.74) is 10.6. The molecule has 0 amide bonds. The molecule has 0 saturated carbocycles. The summed E-state index contributed by atoms with van der Waals surface area (Å²) in [5, 5.41) is 0. The number of aromatic amines is 3. The summed E-state index contributed by atoms with van der Waals surface area (Å²) < 4.78 is 0. The van der Waals surface area contributed by atoms with E-state index in [9.17, 15) is 0 Å². The highest BCUT2D eigenvalue weighted by Crippen LogP contribution is 2.39. The highest BCUT2D eigenvalue weighted by Gasteiger charge is 2.35. The van der Waals surface area contributed by atoms with Gasteiger partial charge in [0.2, 0.25) is 0 Å². The summed E-state index contributed by atoms with van der Waals surface area (Å²) in [4.78, 5) is 16.5. The third kappa shape index (κ3) is 3.31. The Balaban J connectivity index is 1.63. The van der Waals surface area contributed by atoms with E-state index in [1.54, 1.807) is 0 Å². The monoisotopic (exact) mass is 474 g/mol. The van der Waals surface area contributed by atoms with Crippen LogP contribution in [0.1, 0.15) is 81.3 Å². The minimum absolute atomic E-state index is 0.195. The van der Waals surface area contributed by atoms with Crippen LogP contribution in [0.15, 0.2) is 89.6 Å². The summed E-state index contributed by atoms with van der Waals surface area (Å²) in [6, 6.07) is 23.9. The lowest BCUT2D eigenvalue weighted by molar-refractivity contribution is 0.569. The van der Waals surface area contributed by atoms with Crippen LogP contribution in [0, 0.1) is 0 Å². The first-order valence-corrected chi connectivity index (χ1v) is 12.8. The SMILES string of the molecule is CC1(C)C2=N/C(=C(/c3ccccc3)c3ccc([nH]3)C(C)(C)c3ccc([nH]3)C(C)(C)c3ccc1[nH]3)C=C2. The number of hydrogen-bond donors (Lipinski definition) is 3. The van der Waals surface area contributed by atoms with Crippen LogP contribution < -0.4 is 0 Å². The van der Waals surface area contributed by atoms with E-state index < -0.39 is 0 Å². The van der Waals surface area contributed by atoms with Gasteiger partial charge < -0.3 is 15.0 Å². The molecule has 6 rings (SSSR count). The van der Waals surface area contributed by atoms with Gasteiger partial charge in [0.25, 0.3) is 0 Å². The number of hydrogen-bond acceptors (Lipinski definition) is 1. The van der Waals surface area contributed by atoms with Gasteiger partial charge in [0.15, 0.2) is 0 Å². The number of allylic oxidation sites excluding steroid dienone is 2. The van der Waals surface area contributed by atoms with E-state index in [1.165, 1.54) is 22.8 Å². The van der Waals surface area contributed by atoms with Crippen molar-refractivity contribution in [3.05, 3.63) is 124 Å². The molecule has 0 fully saturated rings. The smallest absolute Gasteiger partial charge is 0.0733 e. The van der Waals surface area contributed by atoms with Crippen molar-refractivity contribution in [3.8, 4) is 0 Å². The van der Waals surface area contributed by atoms with E-state index in [1.807, 2.05) is 0 Å². The maximum atomic E-state index is 5.22. The van der Waals surface area contributed by atoms with E-state index >= 15 is 0 Å². The van der Waals surface area contributed by atoms with Gasteiger partial charge in [-0.3, -0.25) is 4.99 Å². The molecule has 4 heteroatoms. The molecule has 182 valence electrons. The fourth-order valence-corrected chi connectivity index (χ4v) is 5.48. The molecule has 2 aliphatic heterocycles. The molecule has 4 nitrogen and oxygen atoms in total. The number of nitrogens with zero attached hydrogens (tertiary/aromatic N) is 1. The van der Waals surface area contributed by atoms with Gasteiger partial charge in [0, 0.05) is 56.0 Å². The number of aromatic nitrogens is 3. The Hall–Kier alpha value is -3.79. The fourth-order valence-electron chi connectivity index (χ4n) is 5.48.